The molecule has 114 valence electrons. The molecule has 23 heavy (non-hydrogen) atoms. The number of pyridine rings is 1. The molecule has 0 aliphatic heterocycles. The number of aryl methyl sites for hydroxylation is 2. The minimum Gasteiger partial charge on any atom is -0.342 e. The molecule has 2 aromatic carbocycles. The Kier molecular flexibility index (Phi) is 2.98. The molecule has 0 aliphatic rings. The zero-order chi connectivity index (χ0) is 16.0. The van der Waals surface area contributed by atoms with Gasteiger partial charge in [0, 0.05) is 29.4 Å². The summed E-state index contributed by atoms with van der Waals surface area (Å²) in [5, 5.41) is 2.11. The standard InChI is InChI=1S/C19H17N3O/c1-13-19-16(15-10-6-7-11-17(15)21(19)2)12-18(23)22(13)20-14-8-4-3-5-9-14/h3-12,20H,1-2H3. The second kappa shape index (κ2) is 5.02. The molecule has 1 N–H and O–H groups in total. The molecule has 4 aromatic rings. The summed E-state index contributed by atoms with van der Waals surface area (Å²) in [4.78, 5) is 12.6. The number of nitrogens with one attached hydrogen (secondary N) is 1. The Bertz CT molecular complexity index is 1070. The van der Waals surface area contributed by atoms with Crippen LogP contribution in [0.4, 0.5) is 5.69 Å². The number of hydrogen-bond donors (Lipinski definition) is 1. The van der Waals surface area contributed by atoms with E-state index in [1.54, 1.807) is 10.7 Å². The van der Waals surface area contributed by atoms with E-state index in [0.717, 1.165) is 33.2 Å². The van der Waals surface area contributed by atoms with Gasteiger partial charge in [-0.1, -0.05) is 36.4 Å². The Morgan fingerprint density at radius 3 is 2.39 bits per heavy atom. The van der Waals surface area contributed by atoms with Crippen molar-refractivity contribution in [1.29, 1.82) is 0 Å². The SMILES string of the molecule is Cc1c2c(cc(=O)n1Nc1ccccc1)c1ccccc1n2C. The molecule has 0 saturated heterocycles. The molecule has 0 saturated carbocycles. The van der Waals surface area contributed by atoms with Gasteiger partial charge in [0.15, 0.2) is 0 Å². The molecule has 0 amide bonds. The van der Waals surface area contributed by atoms with Gasteiger partial charge in [-0.2, -0.15) is 0 Å². The molecule has 0 fully saturated rings. The van der Waals surface area contributed by atoms with Crippen LogP contribution < -0.4 is 11.0 Å². The van der Waals surface area contributed by atoms with Gasteiger partial charge in [0.25, 0.3) is 5.56 Å². The zero-order valence-corrected chi connectivity index (χ0v) is 13.1. The molecule has 4 rings (SSSR count). The van der Waals surface area contributed by atoms with Gasteiger partial charge >= 0.3 is 0 Å². The van der Waals surface area contributed by atoms with Crippen LogP contribution in [0.15, 0.2) is 65.5 Å². The summed E-state index contributed by atoms with van der Waals surface area (Å²) in [6, 6.07) is 19.6. The minimum atomic E-state index is -0.0600. The van der Waals surface area contributed by atoms with Crippen molar-refractivity contribution >= 4 is 27.5 Å². The Hall–Kier alpha value is -3.01. The van der Waals surface area contributed by atoms with E-state index in [4.69, 9.17) is 0 Å². The molecule has 0 bridgehead atoms. The Morgan fingerprint density at radius 2 is 1.61 bits per heavy atom. The van der Waals surface area contributed by atoms with E-state index in [-0.39, 0.29) is 5.56 Å². The summed E-state index contributed by atoms with van der Waals surface area (Å²) < 4.78 is 3.75. The highest BCUT2D eigenvalue weighted by Gasteiger charge is 2.14. The van der Waals surface area contributed by atoms with Gasteiger partial charge < -0.3 is 4.57 Å². The first kappa shape index (κ1) is 13.6. The number of rotatable bonds is 2. The summed E-state index contributed by atoms with van der Waals surface area (Å²) in [7, 11) is 2.04. The highest BCUT2D eigenvalue weighted by molar-refractivity contribution is 6.08. The quantitative estimate of drug-likeness (QED) is 0.613. The minimum absolute atomic E-state index is 0.0600. The van der Waals surface area contributed by atoms with E-state index in [9.17, 15) is 4.79 Å². The number of aromatic nitrogens is 2. The predicted octanol–water partition coefficient (Wildman–Crippen LogP) is 3.68. The van der Waals surface area contributed by atoms with Crippen molar-refractivity contribution in [3.63, 3.8) is 0 Å². The van der Waals surface area contributed by atoms with Crippen molar-refractivity contribution in [2.24, 2.45) is 7.05 Å². The van der Waals surface area contributed by atoms with Gasteiger partial charge in [-0.25, -0.2) is 4.68 Å². The van der Waals surface area contributed by atoms with Gasteiger partial charge in [-0.15, -0.1) is 0 Å². The van der Waals surface area contributed by atoms with Gasteiger partial charge in [0.05, 0.1) is 16.9 Å². The largest absolute Gasteiger partial charge is 0.342 e. The van der Waals surface area contributed by atoms with Crippen LogP contribution in [0.3, 0.4) is 0 Å². The summed E-state index contributed by atoms with van der Waals surface area (Å²) in [5.74, 6) is 0. The number of para-hydroxylation sites is 2. The Balaban J connectivity index is 2.02. The lowest BCUT2D eigenvalue weighted by atomic mass is 10.1. The molecule has 0 spiro atoms. The Morgan fingerprint density at radius 1 is 0.913 bits per heavy atom. The lowest BCUT2D eigenvalue weighted by Crippen LogP contribution is -2.28. The number of nitrogens with zero attached hydrogens (tertiary/aromatic N) is 2. The Labute approximate surface area is 133 Å². The smallest absolute Gasteiger partial charge is 0.270 e. The van der Waals surface area contributed by atoms with E-state index >= 15 is 0 Å². The van der Waals surface area contributed by atoms with Crippen LogP contribution in [-0.2, 0) is 7.05 Å². The van der Waals surface area contributed by atoms with Crippen molar-refractivity contribution in [3.8, 4) is 0 Å². The molecular formula is C19H17N3O. The lowest BCUT2D eigenvalue weighted by molar-refractivity contribution is 0.853. The van der Waals surface area contributed by atoms with Gasteiger partial charge in [-0.05, 0) is 25.1 Å². The highest BCUT2D eigenvalue weighted by atomic mass is 16.1. The van der Waals surface area contributed by atoms with Crippen LogP contribution in [0.5, 0.6) is 0 Å². The molecule has 0 radical (unpaired) electrons. The van der Waals surface area contributed by atoms with Crippen molar-refractivity contribution in [1.82, 2.24) is 9.24 Å². The summed E-state index contributed by atoms with van der Waals surface area (Å²) in [5.41, 5.74) is 7.11. The van der Waals surface area contributed by atoms with E-state index < -0.39 is 0 Å². The first-order chi connectivity index (χ1) is 11.2. The molecule has 2 aromatic heterocycles. The van der Waals surface area contributed by atoms with Gasteiger partial charge in [-0.3, -0.25) is 10.2 Å². The fraction of sp³-hybridized carbons (Fsp3) is 0.105. The molecule has 4 heteroatoms. The van der Waals surface area contributed by atoms with E-state index in [1.807, 2.05) is 56.4 Å². The van der Waals surface area contributed by atoms with Crippen LogP contribution in [0.25, 0.3) is 21.8 Å². The van der Waals surface area contributed by atoms with Crippen LogP contribution in [0, 0.1) is 6.92 Å². The van der Waals surface area contributed by atoms with Crippen LogP contribution in [-0.4, -0.2) is 9.24 Å². The van der Waals surface area contributed by atoms with Crippen molar-refractivity contribution in [2.75, 3.05) is 5.43 Å². The van der Waals surface area contributed by atoms with Crippen molar-refractivity contribution in [2.45, 2.75) is 6.92 Å². The maximum atomic E-state index is 12.6. The number of fused-ring (bicyclic) bond motifs is 3. The predicted molar refractivity (Wildman–Crippen MR) is 94.9 cm³/mol. The molecule has 0 atom stereocenters. The number of hydrogen-bond acceptors (Lipinski definition) is 2. The fourth-order valence-corrected chi connectivity index (χ4v) is 3.25. The third-order valence-electron chi connectivity index (χ3n) is 4.33. The van der Waals surface area contributed by atoms with Crippen molar-refractivity contribution < 1.29 is 0 Å². The third-order valence-corrected chi connectivity index (χ3v) is 4.33. The summed E-state index contributed by atoms with van der Waals surface area (Å²) in [6.45, 7) is 1.97. The lowest BCUT2D eigenvalue weighted by Gasteiger charge is -2.14. The topological polar surface area (TPSA) is 39.0 Å². The van der Waals surface area contributed by atoms with Crippen LogP contribution >= 0.6 is 0 Å². The summed E-state index contributed by atoms with van der Waals surface area (Å²) in [6.07, 6.45) is 0. The first-order valence-electron chi connectivity index (χ1n) is 7.58. The molecule has 0 aliphatic carbocycles. The average molecular weight is 303 g/mol. The van der Waals surface area contributed by atoms with Crippen LogP contribution in [0.2, 0.25) is 0 Å². The third kappa shape index (κ3) is 2.03. The molecule has 2 heterocycles. The number of anilines is 1. The van der Waals surface area contributed by atoms with Crippen molar-refractivity contribution in [3.05, 3.63) is 76.7 Å². The van der Waals surface area contributed by atoms with E-state index in [0.29, 0.717) is 0 Å². The van der Waals surface area contributed by atoms with E-state index in [2.05, 4.69) is 22.1 Å². The molecule has 4 nitrogen and oxygen atoms in total. The van der Waals surface area contributed by atoms with Gasteiger partial charge in [0.2, 0.25) is 0 Å². The maximum Gasteiger partial charge on any atom is 0.270 e. The zero-order valence-electron chi connectivity index (χ0n) is 13.1. The maximum absolute atomic E-state index is 12.6. The normalized spacial score (nSPS) is 11.2. The monoisotopic (exact) mass is 303 g/mol. The van der Waals surface area contributed by atoms with Crippen LogP contribution in [0.1, 0.15) is 5.69 Å². The number of benzene rings is 2. The fourth-order valence-electron chi connectivity index (χ4n) is 3.25. The second-order valence-corrected chi connectivity index (χ2v) is 5.72. The van der Waals surface area contributed by atoms with Gasteiger partial charge in [0.1, 0.15) is 0 Å². The second-order valence-electron chi connectivity index (χ2n) is 5.72. The first-order valence-corrected chi connectivity index (χ1v) is 7.58. The highest BCUT2D eigenvalue weighted by Crippen LogP contribution is 2.28. The molecular weight excluding hydrogens is 286 g/mol. The molecule has 0 unspecified atom stereocenters. The van der Waals surface area contributed by atoms with E-state index in [1.165, 1.54) is 0 Å². The average Bonchev–Trinajstić information content (AvgIpc) is 2.86. The summed E-state index contributed by atoms with van der Waals surface area (Å²) >= 11 is 0.